The zero-order valence-corrected chi connectivity index (χ0v) is 9.75. The van der Waals surface area contributed by atoms with Gasteiger partial charge in [0, 0.05) is 0 Å². The molecule has 4 nitrogen and oxygen atoms in total. The fourth-order valence-corrected chi connectivity index (χ4v) is 1.63. The molecule has 2 unspecified atom stereocenters. The van der Waals surface area contributed by atoms with E-state index in [4.69, 9.17) is 10.4 Å². The van der Waals surface area contributed by atoms with E-state index in [1.165, 1.54) is 25.7 Å². The van der Waals surface area contributed by atoms with Gasteiger partial charge < -0.3 is 10.00 Å². The number of aliphatic hydroxyl groups excluding tert-OH is 1. The molecular weight excluding hydrogens is 201 g/mol. The van der Waals surface area contributed by atoms with Crippen LogP contribution in [0.1, 0.15) is 51.9 Å². The van der Waals surface area contributed by atoms with E-state index in [0.717, 1.165) is 12.8 Å². The lowest BCUT2D eigenvalue weighted by Gasteiger charge is -2.12. The first-order valence-electron chi connectivity index (χ1n) is 5.25. The summed E-state index contributed by atoms with van der Waals surface area (Å²) in [4.78, 5) is 8.66. The van der Waals surface area contributed by atoms with E-state index in [0.29, 0.717) is 6.42 Å². The van der Waals surface area contributed by atoms with Crippen LogP contribution in [0.4, 0.5) is 0 Å². The molecule has 0 radical (unpaired) electrons. The minimum absolute atomic E-state index is 0.558. The maximum absolute atomic E-state index is 9.18. The second-order valence-corrected chi connectivity index (χ2v) is 4.23. The highest BCUT2D eigenvalue weighted by atomic mass is 31.2. The van der Waals surface area contributed by atoms with Gasteiger partial charge in [0.15, 0.2) is 6.29 Å². The molecule has 0 heterocycles. The van der Waals surface area contributed by atoms with Crippen molar-refractivity contribution in [3.63, 3.8) is 0 Å². The van der Waals surface area contributed by atoms with Crippen LogP contribution in [0.5, 0.6) is 0 Å². The van der Waals surface area contributed by atoms with Crippen LogP contribution in [0.15, 0.2) is 0 Å². The molecule has 0 aromatic heterocycles. The van der Waals surface area contributed by atoms with Crippen molar-refractivity contribution in [3.8, 4) is 0 Å². The minimum atomic E-state index is -1.92. The van der Waals surface area contributed by atoms with E-state index >= 15 is 0 Å². The van der Waals surface area contributed by atoms with Gasteiger partial charge in [0.1, 0.15) is 0 Å². The average Bonchev–Trinajstić information content (AvgIpc) is 2.10. The standard InChI is InChI=1S/C9H22NO3P/c1-2-3-4-5-6-7-8-9(11)13-14(10)12/h9,11-12H,2-8,10H2,1H3. The second kappa shape index (κ2) is 9.81. The van der Waals surface area contributed by atoms with Crippen molar-refractivity contribution >= 4 is 8.53 Å². The van der Waals surface area contributed by atoms with Crippen LogP contribution in [-0.2, 0) is 4.52 Å². The fraction of sp³-hybridized carbons (Fsp3) is 1.00. The van der Waals surface area contributed by atoms with E-state index in [1.54, 1.807) is 0 Å². The van der Waals surface area contributed by atoms with Crippen molar-refractivity contribution in [1.82, 2.24) is 0 Å². The summed E-state index contributed by atoms with van der Waals surface area (Å²) < 4.78 is 4.63. The average molecular weight is 223 g/mol. The van der Waals surface area contributed by atoms with Crippen molar-refractivity contribution in [1.29, 1.82) is 0 Å². The van der Waals surface area contributed by atoms with Crippen LogP contribution < -0.4 is 5.50 Å². The normalized spacial score (nSPS) is 15.4. The number of hydrogen-bond donors (Lipinski definition) is 3. The molecule has 5 heteroatoms. The number of hydrogen-bond acceptors (Lipinski definition) is 4. The molecule has 0 rings (SSSR count). The van der Waals surface area contributed by atoms with Crippen LogP contribution in [0.3, 0.4) is 0 Å². The zero-order chi connectivity index (χ0) is 10.8. The van der Waals surface area contributed by atoms with Gasteiger partial charge in [-0.3, -0.25) is 10.0 Å². The molecule has 0 aromatic rings. The Morgan fingerprint density at radius 2 is 1.79 bits per heavy atom. The molecule has 0 bridgehead atoms. The molecule has 14 heavy (non-hydrogen) atoms. The smallest absolute Gasteiger partial charge is 0.252 e. The zero-order valence-electron chi connectivity index (χ0n) is 8.85. The van der Waals surface area contributed by atoms with Crippen LogP contribution in [0.25, 0.3) is 0 Å². The number of unbranched alkanes of at least 4 members (excludes halogenated alkanes) is 5. The molecule has 2 atom stereocenters. The molecular formula is C9H22NO3P. The van der Waals surface area contributed by atoms with Crippen molar-refractivity contribution in [3.05, 3.63) is 0 Å². The summed E-state index contributed by atoms with van der Waals surface area (Å²) in [5, 5.41) is 9.18. The van der Waals surface area contributed by atoms with E-state index < -0.39 is 14.8 Å². The molecule has 0 aliphatic heterocycles. The Labute approximate surface area is 87.4 Å². The van der Waals surface area contributed by atoms with Crippen LogP contribution in [0, 0.1) is 0 Å². The van der Waals surface area contributed by atoms with Crippen molar-refractivity contribution in [2.45, 2.75) is 58.2 Å². The summed E-state index contributed by atoms with van der Waals surface area (Å²) in [7, 11) is -1.92. The molecule has 0 aromatic carbocycles. The summed E-state index contributed by atoms with van der Waals surface area (Å²) in [6, 6.07) is 0. The molecule has 4 N–H and O–H groups in total. The quantitative estimate of drug-likeness (QED) is 0.318. The van der Waals surface area contributed by atoms with Gasteiger partial charge in [0.2, 0.25) is 0 Å². The maximum Gasteiger partial charge on any atom is 0.252 e. The first kappa shape index (κ1) is 14.3. The highest BCUT2D eigenvalue weighted by Gasteiger charge is 2.07. The second-order valence-electron chi connectivity index (χ2n) is 3.42. The lowest BCUT2D eigenvalue weighted by Crippen LogP contribution is -2.10. The number of nitrogens with two attached hydrogens (primary N) is 1. The predicted octanol–water partition coefficient (Wildman–Crippen LogP) is 2.25. The Hall–Kier alpha value is 0.270. The molecule has 0 saturated carbocycles. The third-order valence-electron chi connectivity index (χ3n) is 2.03. The van der Waals surface area contributed by atoms with Gasteiger partial charge >= 0.3 is 0 Å². The molecule has 0 aliphatic rings. The van der Waals surface area contributed by atoms with Gasteiger partial charge in [-0.2, -0.15) is 0 Å². The topological polar surface area (TPSA) is 75.7 Å². The minimum Gasteiger partial charge on any atom is -0.368 e. The Morgan fingerprint density at radius 1 is 1.21 bits per heavy atom. The summed E-state index contributed by atoms with van der Waals surface area (Å²) >= 11 is 0. The SMILES string of the molecule is CCCCCCCCC(O)OP(N)O. The fourth-order valence-electron chi connectivity index (χ4n) is 1.28. The molecule has 0 spiro atoms. The van der Waals surface area contributed by atoms with Gasteiger partial charge in [-0.15, -0.1) is 0 Å². The third-order valence-corrected chi connectivity index (χ3v) is 2.49. The summed E-state index contributed by atoms with van der Waals surface area (Å²) in [6.07, 6.45) is 6.68. The predicted molar refractivity (Wildman–Crippen MR) is 58.4 cm³/mol. The largest absolute Gasteiger partial charge is 0.368 e. The van der Waals surface area contributed by atoms with E-state index in [9.17, 15) is 5.11 Å². The molecule has 0 saturated heterocycles. The third kappa shape index (κ3) is 10.4. The van der Waals surface area contributed by atoms with Crippen molar-refractivity contribution < 1.29 is 14.5 Å². The molecule has 0 fully saturated rings. The molecule has 86 valence electrons. The Bertz CT molecular complexity index is 125. The van der Waals surface area contributed by atoms with Crippen molar-refractivity contribution in [2.75, 3.05) is 0 Å². The number of aliphatic hydroxyl groups is 1. The summed E-state index contributed by atoms with van der Waals surface area (Å²) in [5.74, 6) is 0. The van der Waals surface area contributed by atoms with Gasteiger partial charge in [-0.1, -0.05) is 39.0 Å². The highest BCUT2D eigenvalue weighted by Crippen LogP contribution is 2.23. The van der Waals surface area contributed by atoms with Crippen LogP contribution in [-0.4, -0.2) is 16.3 Å². The molecule has 0 amide bonds. The monoisotopic (exact) mass is 223 g/mol. The lowest BCUT2D eigenvalue weighted by atomic mass is 10.1. The first-order chi connectivity index (χ1) is 6.66. The van der Waals surface area contributed by atoms with Gasteiger partial charge in [-0.05, 0) is 12.8 Å². The van der Waals surface area contributed by atoms with Gasteiger partial charge in [0.05, 0.1) is 0 Å². The first-order valence-corrected chi connectivity index (χ1v) is 6.53. The van der Waals surface area contributed by atoms with E-state index in [-0.39, 0.29) is 0 Å². The Kier molecular flexibility index (Phi) is 10.0. The molecule has 0 aliphatic carbocycles. The maximum atomic E-state index is 9.18. The van der Waals surface area contributed by atoms with Gasteiger partial charge in [0.25, 0.3) is 8.53 Å². The highest BCUT2D eigenvalue weighted by molar-refractivity contribution is 7.43. The Balaban J connectivity index is 3.10. The summed E-state index contributed by atoms with van der Waals surface area (Å²) in [5.41, 5.74) is 5.00. The Morgan fingerprint density at radius 3 is 2.36 bits per heavy atom. The van der Waals surface area contributed by atoms with Crippen molar-refractivity contribution in [2.24, 2.45) is 5.50 Å². The van der Waals surface area contributed by atoms with Crippen LogP contribution in [0.2, 0.25) is 0 Å². The summed E-state index contributed by atoms with van der Waals surface area (Å²) in [6.45, 7) is 2.18. The lowest BCUT2D eigenvalue weighted by molar-refractivity contribution is -0.0230. The number of rotatable bonds is 9. The van der Waals surface area contributed by atoms with E-state index in [2.05, 4.69) is 11.4 Å². The van der Waals surface area contributed by atoms with Crippen LogP contribution >= 0.6 is 8.53 Å². The van der Waals surface area contributed by atoms with Gasteiger partial charge in [-0.25, -0.2) is 0 Å². The van der Waals surface area contributed by atoms with E-state index in [1.807, 2.05) is 0 Å².